The van der Waals surface area contributed by atoms with Gasteiger partial charge in [0, 0.05) is 31.9 Å². The molecule has 0 aliphatic carbocycles. The van der Waals surface area contributed by atoms with Crippen molar-refractivity contribution >= 4 is 62.2 Å². The Morgan fingerprint density at radius 1 is 0.714 bits per heavy atom. The topological polar surface area (TPSA) is 66.9 Å². The molecular formula is C19H12Cl2N4OS2. The predicted molar refractivity (Wildman–Crippen MR) is 118 cm³/mol. The van der Waals surface area contributed by atoms with Crippen LogP contribution in [0.3, 0.4) is 0 Å². The number of halogens is 2. The number of carbonyl (C=O) groups excluding carboxylic acids is 1. The molecule has 0 radical (unpaired) electrons. The molecule has 2 N–H and O–H groups in total. The van der Waals surface area contributed by atoms with Crippen LogP contribution in [0.25, 0.3) is 22.5 Å². The molecule has 0 aliphatic heterocycles. The Balaban J connectivity index is 1.40. The summed E-state index contributed by atoms with van der Waals surface area (Å²) < 4.78 is 0. The predicted octanol–water partition coefficient (Wildman–Crippen LogP) is 6.88. The van der Waals surface area contributed by atoms with Crippen LogP contribution in [0.2, 0.25) is 10.0 Å². The molecule has 5 nitrogen and oxygen atoms in total. The van der Waals surface area contributed by atoms with Crippen LogP contribution < -0.4 is 10.6 Å². The Morgan fingerprint density at radius 2 is 1.11 bits per heavy atom. The first kappa shape index (κ1) is 18.9. The molecule has 0 bridgehead atoms. The van der Waals surface area contributed by atoms with Crippen LogP contribution in [-0.4, -0.2) is 16.0 Å². The van der Waals surface area contributed by atoms with E-state index < -0.39 is 6.03 Å². The summed E-state index contributed by atoms with van der Waals surface area (Å²) in [4.78, 5) is 21.1. The van der Waals surface area contributed by atoms with Gasteiger partial charge in [-0.3, -0.25) is 10.6 Å². The Bertz CT molecular complexity index is 1020. The number of hydrogen-bond acceptors (Lipinski definition) is 5. The average Bonchev–Trinajstić information content (AvgIpc) is 3.33. The average molecular weight is 447 g/mol. The van der Waals surface area contributed by atoms with Crippen molar-refractivity contribution in [3.05, 3.63) is 69.3 Å². The molecule has 0 saturated heterocycles. The fraction of sp³-hybridized carbons (Fsp3) is 0. The lowest BCUT2D eigenvalue weighted by Crippen LogP contribution is -2.19. The molecule has 2 aromatic carbocycles. The third-order valence-electron chi connectivity index (χ3n) is 3.73. The van der Waals surface area contributed by atoms with E-state index in [1.165, 1.54) is 22.7 Å². The molecule has 0 aliphatic rings. The molecule has 0 atom stereocenters. The Morgan fingerprint density at radius 3 is 1.50 bits per heavy atom. The van der Waals surface area contributed by atoms with Gasteiger partial charge >= 0.3 is 6.03 Å². The Labute approximate surface area is 179 Å². The SMILES string of the molecule is O=C(Nc1nc(-c2ccc(Cl)cc2)cs1)Nc1nc(-c2ccc(Cl)cc2)cs1. The molecule has 0 fully saturated rings. The molecule has 9 heteroatoms. The van der Waals surface area contributed by atoms with Gasteiger partial charge in [-0.15, -0.1) is 22.7 Å². The molecule has 4 rings (SSSR count). The van der Waals surface area contributed by atoms with Crippen molar-refractivity contribution < 1.29 is 4.79 Å². The van der Waals surface area contributed by atoms with Crippen LogP contribution in [0.4, 0.5) is 15.1 Å². The van der Waals surface area contributed by atoms with Gasteiger partial charge in [0.05, 0.1) is 11.4 Å². The molecule has 140 valence electrons. The first-order valence-electron chi connectivity index (χ1n) is 8.08. The number of aromatic nitrogens is 2. The van der Waals surface area contributed by atoms with Crippen LogP contribution in [0, 0.1) is 0 Å². The van der Waals surface area contributed by atoms with Crippen molar-refractivity contribution in [3.63, 3.8) is 0 Å². The first-order valence-corrected chi connectivity index (χ1v) is 10.6. The molecule has 2 aromatic heterocycles. The molecule has 0 unspecified atom stereocenters. The highest BCUT2D eigenvalue weighted by atomic mass is 35.5. The number of carbonyl (C=O) groups is 1. The van der Waals surface area contributed by atoms with Gasteiger partial charge in [0.15, 0.2) is 10.3 Å². The number of nitrogens with zero attached hydrogens (tertiary/aromatic N) is 2. The number of thiazole rings is 2. The Kier molecular flexibility index (Phi) is 5.59. The summed E-state index contributed by atoms with van der Waals surface area (Å²) in [5, 5.41) is 11.5. The van der Waals surface area contributed by atoms with Gasteiger partial charge in [-0.25, -0.2) is 14.8 Å². The summed E-state index contributed by atoms with van der Waals surface area (Å²) in [6.45, 7) is 0. The van der Waals surface area contributed by atoms with Gasteiger partial charge in [-0.1, -0.05) is 47.5 Å². The van der Waals surface area contributed by atoms with E-state index in [4.69, 9.17) is 23.2 Å². The van der Waals surface area contributed by atoms with Crippen molar-refractivity contribution in [2.24, 2.45) is 0 Å². The lowest BCUT2D eigenvalue weighted by Gasteiger charge is -2.02. The molecular weight excluding hydrogens is 435 g/mol. The molecule has 0 saturated carbocycles. The number of nitrogens with one attached hydrogen (secondary N) is 2. The number of urea groups is 1. The zero-order valence-electron chi connectivity index (χ0n) is 14.1. The zero-order valence-corrected chi connectivity index (χ0v) is 17.3. The van der Waals surface area contributed by atoms with E-state index >= 15 is 0 Å². The second-order valence-electron chi connectivity index (χ2n) is 5.67. The number of amides is 2. The fourth-order valence-electron chi connectivity index (χ4n) is 2.39. The molecule has 4 aromatic rings. The van der Waals surface area contributed by atoms with E-state index in [9.17, 15) is 4.79 Å². The minimum absolute atomic E-state index is 0.394. The number of rotatable bonds is 4. The van der Waals surface area contributed by atoms with Crippen LogP contribution in [0.15, 0.2) is 59.3 Å². The van der Waals surface area contributed by atoms with Gasteiger partial charge < -0.3 is 0 Å². The lowest BCUT2D eigenvalue weighted by molar-refractivity contribution is 0.262. The first-order chi connectivity index (χ1) is 13.6. The van der Waals surface area contributed by atoms with Crippen molar-refractivity contribution in [1.29, 1.82) is 0 Å². The summed E-state index contributed by atoms with van der Waals surface area (Å²) in [6, 6.07) is 14.4. The fourth-order valence-corrected chi connectivity index (χ4v) is 4.08. The summed E-state index contributed by atoms with van der Waals surface area (Å²) in [6.07, 6.45) is 0. The van der Waals surface area contributed by atoms with E-state index in [0.29, 0.717) is 20.3 Å². The summed E-state index contributed by atoms with van der Waals surface area (Å²) in [5.41, 5.74) is 3.41. The molecule has 2 heterocycles. The third-order valence-corrected chi connectivity index (χ3v) is 5.75. The number of hydrogen-bond donors (Lipinski definition) is 2. The van der Waals surface area contributed by atoms with Crippen LogP contribution >= 0.6 is 45.9 Å². The minimum Gasteiger partial charge on any atom is -0.283 e. The number of anilines is 2. The third kappa shape index (κ3) is 4.51. The summed E-state index contributed by atoms with van der Waals surface area (Å²) >= 11 is 14.5. The second kappa shape index (κ2) is 8.28. The summed E-state index contributed by atoms with van der Waals surface area (Å²) in [7, 11) is 0. The normalized spacial score (nSPS) is 10.6. The van der Waals surface area contributed by atoms with E-state index in [2.05, 4.69) is 20.6 Å². The molecule has 2 amide bonds. The molecule has 28 heavy (non-hydrogen) atoms. The van der Waals surface area contributed by atoms with Gasteiger partial charge in [0.2, 0.25) is 0 Å². The van der Waals surface area contributed by atoms with Gasteiger partial charge in [0.1, 0.15) is 0 Å². The maximum Gasteiger partial charge on any atom is 0.327 e. The van der Waals surface area contributed by atoms with Crippen LogP contribution in [0.1, 0.15) is 0 Å². The summed E-state index contributed by atoms with van der Waals surface area (Å²) in [5.74, 6) is 0. The van der Waals surface area contributed by atoms with Crippen molar-refractivity contribution in [1.82, 2.24) is 9.97 Å². The van der Waals surface area contributed by atoms with Crippen molar-refractivity contribution in [2.75, 3.05) is 10.6 Å². The van der Waals surface area contributed by atoms with E-state index in [1.54, 1.807) is 24.3 Å². The van der Waals surface area contributed by atoms with Gasteiger partial charge in [-0.2, -0.15) is 0 Å². The van der Waals surface area contributed by atoms with Crippen LogP contribution in [-0.2, 0) is 0 Å². The van der Waals surface area contributed by atoms with E-state index in [1.807, 2.05) is 35.0 Å². The quantitative estimate of drug-likeness (QED) is 0.358. The van der Waals surface area contributed by atoms with Crippen LogP contribution in [0.5, 0.6) is 0 Å². The van der Waals surface area contributed by atoms with Gasteiger partial charge in [-0.05, 0) is 24.3 Å². The number of benzene rings is 2. The molecule has 0 spiro atoms. The maximum absolute atomic E-state index is 12.2. The van der Waals surface area contributed by atoms with E-state index in [0.717, 1.165) is 22.5 Å². The smallest absolute Gasteiger partial charge is 0.283 e. The Hall–Kier alpha value is -2.45. The van der Waals surface area contributed by atoms with Gasteiger partial charge in [0.25, 0.3) is 0 Å². The largest absolute Gasteiger partial charge is 0.327 e. The van der Waals surface area contributed by atoms with Crippen molar-refractivity contribution in [2.45, 2.75) is 0 Å². The van der Waals surface area contributed by atoms with E-state index in [-0.39, 0.29) is 0 Å². The standard InChI is InChI=1S/C19H12Cl2N4OS2/c20-13-5-1-11(2-6-13)15-9-27-18(22-15)24-17(26)25-19-23-16(10-28-19)12-3-7-14(21)8-4-12/h1-10H,(H2,22,23,24,25,26). The maximum atomic E-state index is 12.2. The second-order valence-corrected chi connectivity index (χ2v) is 8.26. The highest BCUT2D eigenvalue weighted by molar-refractivity contribution is 7.14. The monoisotopic (exact) mass is 446 g/mol. The zero-order chi connectivity index (χ0) is 19.5. The lowest BCUT2D eigenvalue weighted by atomic mass is 10.2. The minimum atomic E-state index is -0.394. The van der Waals surface area contributed by atoms with Crippen molar-refractivity contribution in [3.8, 4) is 22.5 Å². The highest BCUT2D eigenvalue weighted by Gasteiger charge is 2.11. The highest BCUT2D eigenvalue weighted by Crippen LogP contribution is 2.28.